The molecule has 0 aromatic heterocycles. The van der Waals surface area contributed by atoms with Crippen molar-refractivity contribution in [1.82, 2.24) is 4.58 Å². The first-order valence-electron chi connectivity index (χ1n) is 17.4. The molecule has 0 bridgehead atoms. The Morgan fingerprint density at radius 1 is 0.735 bits per heavy atom. The van der Waals surface area contributed by atoms with Gasteiger partial charge in [-0.1, -0.05) is 55.4 Å². The Bertz CT molecular complexity index is 2190. The Morgan fingerprint density at radius 2 is 1.31 bits per heavy atom. The molecule has 0 saturated heterocycles. The van der Waals surface area contributed by atoms with Gasteiger partial charge in [0.2, 0.25) is 5.36 Å². The molecule has 0 aliphatic carbocycles. The van der Waals surface area contributed by atoms with Crippen molar-refractivity contribution in [2.24, 2.45) is 0 Å². The van der Waals surface area contributed by atoms with Crippen LogP contribution in [0.25, 0.3) is 5.57 Å². The molecule has 1 N–H and O–H groups in total. The molecule has 0 amide bonds. The van der Waals surface area contributed by atoms with E-state index >= 15 is 13.2 Å². The normalized spacial score (nSPS) is 21.7. The predicted octanol–water partition coefficient (Wildman–Crippen LogP) is 7.32. The fourth-order valence-electron chi connectivity index (χ4n) is 9.27. The van der Waals surface area contributed by atoms with Gasteiger partial charge in [-0.2, -0.15) is 0 Å². The van der Waals surface area contributed by atoms with Crippen LogP contribution < -0.4 is 24.8 Å². The lowest BCUT2D eigenvalue weighted by Crippen LogP contribution is -2.54. The second-order valence-corrected chi connectivity index (χ2v) is 17.3. The number of carbonyl (C=O) groups is 1. The zero-order valence-electron chi connectivity index (χ0n) is 29.5. The number of benzene rings is 3. The summed E-state index contributed by atoms with van der Waals surface area (Å²) >= 11 is 0. The molecule has 0 radical (unpaired) electrons. The summed E-state index contributed by atoms with van der Waals surface area (Å²) in [6.07, 6.45) is 3.30. The van der Waals surface area contributed by atoms with Crippen LogP contribution in [0.3, 0.4) is 0 Å². The monoisotopic (exact) mass is 675 g/mol. The van der Waals surface area contributed by atoms with E-state index in [9.17, 15) is 14.3 Å². The Kier molecular flexibility index (Phi) is 6.52. The summed E-state index contributed by atoms with van der Waals surface area (Å²) in [5.41, 5.74) is 1.73. The van der Waals surface area contributed by atoms with Crippen LogP contribution in [0, 0.1) is 23.3 Å². The summed E-state index contributed by atoms with van der Waals surface area (Å²) in [7, 11) is 0. The molecular formula is C40H43F4N2O3+. The molecule has 5 nitrogen and oxygen atoms in total. The van der Waals surface area contributed by atoms with Crippen LogP contribution in [0.5, 0.6) is 11.5 Å². The molecule has 5 heterocycles. The Balaban J connectivity index is 1.68. The van der Waals surface area contributed by atoms with E-state index < -0.39 is 51.2 Å². The fourth-order valence-corrected chi connectivity index (χ4v) is 9.27. The number of hydrogen-bond acceptors (Lipinski definition) is 3. The smallest absolute Gasteiger partial charge is 0.339 e. The first-order chi connectivity index (χ1) is 22.8. The second kappa shape index (κ2) is 9.88. The van der Waals surface area contributed by atoms with E-state index in [1.54, 1.807) is 0 Å². The first-order valence-corrected chi connectivity index (χ1v) is 17.4. The molecule has 8 rings (SSSR count). The van der Waals surface area contributed by atoms with Crippen molar-refractivity contribution in [3.63, 3.8) is 0 Å². The standard InChI is InChI=1S/C40H42F4N2O3/c1-37(2)9-13-45-15-11-39(5,6)26-32(45)21(37)17-19-23(24-25(36(47)48)29(42)31(44)30(43)28(24)41)20-18-22-33-27(35(20)49-34(19)26)40(7,8)12-16-46(33)14-10-38(22,3)4/h17-18H,9-16H2,1-8H3/p+1. The third kappa shape index (κ3) is 4.22. The Hall–Kier alpha value is -3.88. The number of nitrogens with zero attached hydrogens (tertiary/aromatic N) is 2. The van der Waals surface area contributed by atoms with Crippen LogP contribution in [-0.4, -0.2) is 37.3 Å². The summed E-state index contributed by atoms with van der Waals surface area (Å²) < 4.78 is 72.0. The summed E-state index contributed by atoms with van der Waals surface area (Å²) in [6.45, 7) is 20.5. The molecule has 3 aromatic carbocycles. The molecule has 3 aromatic rings. The number of aromatic carboxylic acids is 1. The van der Waals surface area contributed by atoms with E-state index in [0.717, 1.165) is 85.2 Å². The number of rotatable bonds is 2. The van der Waals surface area contributed by atoms with Gasteiger partial charge in [-0.3, -0.25) is 0 Å². The maximum atomic E-state index is 16.5. The van der Waals surface area contributed by atoms with E-state index in [1.165, 1.54) is 0 Å². The van der Waals surface area contributed by atoms with Gasteiger partial charge in [0.25, 0.3) is 0 Å². The van der Waals surface area contributed by atoms with E-state index in [0.29, 0.717) is 22.3 Å². The molecule has 258 valence electrons. The summed E-state index contributed by atoms with van der Waals surface area (Å²) in [4.78, 5) is 15.2. The highest BCUT2D eigenvalue weighted by molar-refractivity contribution is 6.00. The van der Waals surface area contributed by atoms with E-state index in [2.05, 4.69) is 64.9 Å². The molecule has 0 saturated carbocycles. The SMILES string of the molecule is CC1(C)CCN2CCC(C)(C)c3c4c(cc1c32)C(c1c(F)c(F)c(F)c(F)c1C(=O)O)=c1cc2c3c(c1O4)C(C)(C)CC[N+]=3CCC2(C)C. The number of anilines is 1. The molecule has 9 heteroatoms. The van der Waals surface area contributed by atoms with Crippen molar-refractivity contribution in [3.05, 3.63) is 84.9 Å². The third-order valence-electron chi connectivity index (χ3n) is 12.4. The first kappa shape index (κ1) is 32.3. The van der Waals surface area contributed by atoms with Crippen LogP contribution in [-0.2, 0) is 21.7 Å². The van der Waals surface area contributed by atoms with Gasteiger partial charge < -0.3 is 14.7 Å². The topological polar surface area (TPSA) is 52.8 Å². The lowest BCUT2D eigenvalue weighted by molar-refractivity contribution is 0.0689. The molecular weight excluding hydrogens is 632 g/mol. The van der Waals surface area contributed by atoms with Gasteiger partial charge in [0, 0.05) is 75.5 Å². The number of ether oxygens (including phenoxy) is 1. The predicted molar refractivity (Wildman–Crippen MR) is 181 cm³/mol. The largest absolute Gasteiger partial charge is 0.478 e. The maximum Gasteiger partial charge on any atom is 0.339 e. The Morgan fingerprint density at radius 3 is 1.96 bits per heavy atom. The summed E-state index contributed by atoms with van der Waals surface area (Å²) in [6, 6.07) is 3.83. The van der Waals surface area contributed by atoms with Crippen molar-refractivity contribution in [1.29, 1.82) is 0 Å². The van der Waals surface area contributed by atoms with Gasteiger partial charge in [-0.15, -0.1) is 0 Å². The molecule has 0 spiro atoms. The molecule has 49 heavy (non-hydrogen) atoms. The van der Waals surface area contributed by atoms with Crippen molar-refractivity contribution in [2.75, 3.05) is 31.1 Å². The highest BCUT2D eigenvalue weighted by atomic mass is 19.2. The summed E-state index contributed by atoms with van der Waals surface area (Å²) in [5.74, 6) is -8.86. The minimum absolute atomic E-state index is 0.0191. The Labute approximate surface area is 283 Å². The fraction of sp³-hybridized carbons (Fsp3) is 0.500. The van der Waals surface area contributed by atoms with Crippen molar-refractivity contribution in [3.8, 4) is 11.5 Å². The van der Waals surface area contributed by atoms with Crippen LogP contribution in [0.4, 0.5) is 23.2 Å². The van der Waals surface area contributed by atoms with Crippen molar-refractivity contribution < 1.29 is 32.2 Å². The number of halogens is 4. The van der Waals surface area contributed by atoms with Crippen LogP contribution in [0.1, 0.15) is 125 Å². The van der Waals surface area contributed by atoms with Gasteiger partial charge in [-0.25, -0.2) is 26.9 Å². The zero-order chi connectivity index (χ0) is 35.3. The number of carboxylic acid groups (broad SMARTS) is 1. The lowest BCUT2D eigenvalue weighted by Gasteiger charge is -2.49. The average Bonchev–Trinajstić information content (AvgIpc) is 3.01. The zero-order valence-corrected chi connectivity index (χ0v) is 29.5. The molecule has 5 aliphatic heterocycles. The highest BCUT2D eigenvalue weighted by Crippen LogP contribution is 2.57. The lowest BCUT2D eigenvalue weighted by atomic mass is 9.67. The minimum atomic E-state index is -2.15. The van der Waals surface area contributed by atoms with Crippen LogP contribution >= 0.6 is 0 Å². The highest BCUT2D eigenvalue weighted by Gasteiger charge is 2.48. The van der Waals surface area contributed by atoms with E-state index in [-0.39, 0.29) is 16.4 Å². The molecule has 0 atom stereocenters. The third-order valence-corrected chi connectivity index (χ3v) is 12.4. The van der Waals surface area contributed by atoms with Crippen LogP contribution in [0.2, 0.25) is 0 Å². The number of fused-ring (bicyclic) bond motifs is 4. The van der Waals surface area contributed by atoms with Gasteiger partial charge >= 0.3 is 5.97 Å². The molecule has 0 unspecified atom stereocenters. The van der Waals surface area contributed by atoms with Crippen LogP contribution in [0.15, 0.2) is 12.1 Å². The quantitative estimate of drug-likeness (QED) is 0.105. The van der Waals surface area contributed by atoms with E-state index in [1.807, 2.05) is 12.1 Å². The molecule has 0 fully saturated rings. The molecule has 5 aliphatic rings. The van der Waals surface area contributed by atoms with Crippen molar-refractivity contribution in [2.45, 2.75) is 103 Å². The van der Waals surface area contributed by atoms with Crippen molar-refractivity contribution >= 4 is 17.2 Å². The second-order valence-electron chi connectivity index (χ2n) is 17.3. The summed E-state index contributed by atoms with van der Waals surface area (Å²) in [5, 5.41) is 11.8. The maximum absolute atomic E-state index is 16.5. The van der Waals surface area contributed by atoms with Gasteiger partial charge in [-0.05, 0) is 41.4 Å². The van der Waals surface area contributed by atoms with Gasteiger partial charge in [0.1, 0.15) is 30.2 Å². The minimum Gasteiger partial charge on any atom is -0.478 e. The van der Waals surface area contributed by atoms with E-state index in [4.69, 9.17) is 4.74 Å². The number of carboxylic acids is 1. The number of hydrogen-bond donors (Lipinski definition) is 1. The van der Waals surface area contributed by atoms with Gasteiger partial charge in [0.15, 0.2) is 23.3 Å². The van der Waals surface area contributed by atoms with Gasteiger partial charge in [0.05, 0.1) is 5.56 Å². The average molecular weight is 676 g/mol.